The molecule has 1 aliphatic rings. The van der Waals surface area contributed by atoms with Gasteiger partial charge in [-0.05, 0) is 18.2 Å². The highest BCUT2D eigenvalue weighted by molar-refractivity contribution is 9.10. The molecular formula is C12H12BrN3O. The first kappa shape index (κ1) is 11.9. The Morgan fingerprint density at radius 3 is 2.94 bits per heavy atom. The molecule has 1 aromatic rings. The van der Waals surface area contributed by atoms with Crippen LogP contribution in [0.4, 0.5) is 11.4 Å². The summed E-state index contributed by atoms with van der Waals surface area (Å²) in [6.45, 7) is 0.918. The van der Waals surface area contributed by atoms with Crippen LogP contribution in [0.5, 0.6) is 0 Å². The van der Waals surface area contributed by atoms with E-state index in [1.165, 1.54) is 0 Å². The molecule has 0 aliphatic carbocycles. The summed E-state index contributed by atoms with van der Waals surface area (Å²) in [7, 11) is 1.77. The molecule has 0 spiro atoms. The Bertz CT molecular complexity index is 495. The number of benzene rings is 1. The number of carbonyl (C=O) groups excluding carboxylic acids is 1. The largest absolute Gasteiger partial charge is 0.359 e. The second-order valence-electron chi connectivity index (χ2n) is 3.92. The molecule has 4 nitrogen and oxygen atoms in total. The summed E-state index contributed by atoms with van der Waals surface area (Å²) in [6.07, 6.45) is 0.420. The van der Waals surface area contributed by atoms with Crippen LogP contribution in [0.1, 0.15) is 6.42 Å². The van der Waals surface area contributed by atoms with E-state index in [4.69, 9.17) is 5.26 Å². The fraction of sp³-hybridized carbons (Fsp3) is 0.333. The second-order valence-corrected chi connectivity index (χ2v) is 4.83. The maximum absolute atomic E-state index is 11.8. The number of halogens is 1. The molecule has 88 valence electrons. The van der Waals surface area contributed by atoms with Gasteiger partial charge in [0.1, 0.15) is 0 Å². The van der Waals surface area contributed by atoms with Crippen molar-refractivity contribution in [3.8, 4) is 6.07 Å². The lowest BCUT2D eigenvalue weighted by Crippen LogP contribution is -2.44. The van der Waals surface area contributed by atoms with Gasteiger partial charge in [0.25, 0.3) is 0 Å². The smallest absolute Gasteiger partial charge is 0.246 e. The Hall–Kier alpha value is -1.54. The highest BCUT2D eigenvalue weighted by atomic mass is 79.9. The lowest BCUT2D eigenvalue weighted by Gasteiger charge is -2.35. The van der Waals surface area contributed by atoms with Gasteiger partial charge in [0.15, 0.2) is 0 Å². The first-order valence-electron chi connectivity index (χ1n) is 5.31. The zero-order valence-electron chi connectivity index (χ0n) is 9.48. The molecule has 0 N–H and O–H groups in total. The number of fused-ring (bicyclic) bond motifs is 1. The van der Waals surface area contributed by atoms with E-state index in [2.05, 4.69) is 22.0 Å². The van der Waals surface area contributed by atoms with Crippen molar-refractivity contribution >= 4 is 33.2 Å². The Morgan fingerprint density at radius 1 is 1.47 bits per heavy atom. The van der Waals surface area contributed by atoms with E-state index in [1.54, 1.807) is 11.9 Å². The molecule has 0 unspecified atom stereocenters. The van der Waals surface area contributed by atoms with Crippen LogP contribution in [0.3, 0.4) is 0 Å². The predicted octanol–water partition coefficient (Wildman–Crippen LogP) is 2.15. The van der Waals surface area contributed by atoms with Crippen molar-refractivity contribution in [1.82, 2.24) is 0 Å². The molecule has 17 heavy (non-hydrogen) atoms. The molecule has 0 aromatic heterocycles. The summed E-state index contributed by atoms with van der Waals surface area (Å²) in [5.74, 6) is 0.0535. The Kier molecular flexibility index (Phi) is 3.34. The number of hydrogen-bond donors (Lipinski definition) is 0. The van der Waals surface area contributed by atoms with Gasteiger partial charge in [0, 0.05) is 18.1 Å². The summed E-state index contributed by atoms with van der Waals surface area (Å²) < 4.78 is 0.973. The lowest BCUT2D eigenvalue weighted by molar-refractivity contribution is -0.117. The van der Waals surface area contributed by atoms with Crippen molar-refractivity contribution in [3.63, 3.8) is 0 Å². The van der Waals surface area contributed by atoms with E-state index >= 15 is 0 Å². The summed E-state index contributed by atoms with van der Waals surface area (Å²) >= 11 is 3.43. The van der Waals surface area contributed by atoms with Gasteiger partial charge in [-0.2, -0.15) is 5.26 Å². The second kappa shape index (κ2) is 4.76. The van der Waals surface area contributed by atoms with Crippen molar-refractivity contribution < 1.29 is 4.79 Å². The third-order valence-electron chi connectivity index (χ3n) is 2.83. The molecule has 0 bridgehead atoms. The summed E-state index contributed by atoms with van der Waals surface area (Å²) in [5.41, 5.74) is 1.89. The fourth-order valence-corrected chi connectivity index (χ4v) is 2.26. The SMILES string of the molecule is CN1C(=O)CN(CCC#N)c2cc(Br)ccc21. The van der Waals surface area contributed by atoms with E-state index in [0.717, 1.165) is 15.8 Å². The molecule has 0 radical (unpaired) electrons. The Balaban J connectivity index is 2.39. The molecular weight excluding hydrogens is 282 g/mol. The molecule has 5 heteroatoms. The molecule has 0 saturated carbocycles. The first-order chi connectivity index (χ1) is 8.13. The van der Waals surface area contributed by atoms with Crippen LogP contribution in [0, 0.1) is 11.3 Å². The Labute approximate surface area is 109 Å². The third-order valence-corrected chi connectivity index (χ3v) is 3.33. The number of nitrogens with zero attached hydrogens (tertiary/aromatic N) is 3. The minimum atomic E-state index is 0.0535. The van der Waals surface area contributed by atoms with Crippen molar-refractivity contribution in [2.24, 2.45) is 0 Å². The molecule has 0 fully saturated rings. The van der Waals surface area contributed by atoms with E-state index in [-0.39, 0.29) is 5.91 Å². The van der Waals surface area contributed by atoms with Gasteiger partial charge in [0.2, 0.25) is 5.91 Å². The molecule has 1 aliphatic heterocycles. The Morgan fingerprint density at radius 2 is 2.24 bits per heavy atom. The van der Waals surface area contributed by atoms with Crippen LogP contribution < -0.4 is 9.80 Å². The number of anilines is 2. The van der Waals surface area contributed by atoms with Gasteiger partial charge in [-0.1, -0.05) is 15.9 Å². The topological polar surface area (TPSA) is 47.3 Å². The van der Waals surface area contributed by atoms with Crippen LogP contribution >= 0.6 is 15.9 Å². The van der Waals surface area contributed by atoms with Gasteiger partial charge < -0.3 is 9.80 Å². The van der Waals surface area contributed by atoms with Gasteiger partial charge in [-0.25, -0.2) is 0 Å². The number of carbonyl (C=O) groups is 1. The molecule has 0 saturated heterocycles. The van der Waals surface area contributed by atoms with Crippen LogP contribution in [-0.4, -0.2) is 26.0 Å². The number of nitriles is 1. The highest BCUT2D eigenvalue weighted by Crippen LogP contribution is 2.34. The fourth-order valence-electron chi connectivity index (χ4n) is 1.91. The molecule has 1 aromatic carbocycles. The van der Waals surface area contributed by atoms with E-state index in [1.807, 2.05) is 23.1 Å². The molecule has 2 rings (SSSR count). The average Bonchev–Trinajstić information content (AvgIpc) is 2.32. The number of hydrogen-bond acceptors (Lipinski definition) is 3. The maximum Gasteiger partial charge on any atom is 0.246 e. The normalized spacial score (nSPS) is 14.5. The van der Waals surface area contributed by atoms with Crippen molar-refractivity contribution in [2.75, 3.05) is 29.9 Å². The zero-order chi connectivity index (χ0) is 12.4. The van der Waals surface area contributed by atoms with Crippen molar-refractivity contribution in [1.29, 1.82) is 5.26 Å². The predicted molar refractivity (Wildman–Crippen MR) is 70.0 cm³/mol. The lowest BCUT2D eigenvalue weighted by atomic mass is 10.1. The van der Waals surface area contributed by atoms with Gasteiger partial charge >= 0.3 is 0 Å². The van der Waals surface area contributed by atoms with Gasteiger partial charge in [-0.15, -0.1) is 0 Å². The van der Waals surface area contributed by atoms with E-state index in [0.29, 0.717) is 19.5 Å². The molecule has 1 amide bonds. The van der Waals surface area contributed by atoms with Crippen LogP contribution in [0.25, 0.3) is 0 Å². The average molecular weight is 294 g/mol. The molecule has 1 heterocycles. The maximum atomic E-state index is 11.8. The van der Waals surface area contributed by atoms with Crippen LogP contribution in [-0.2, 0) is 4.79 Å². The minimum Gasteiger partial charge on any atom is -0.359 e. The van der Waals surface area contributed by atoms with Crippen LogP contribution in [0.15, 0.2) is 22.7 Å². The van der Waals surface area contributed by atoms with E-state index in [9.17, 15) is 4.79 Å². The van der Waals surface area contributed by atoms with E-state index < -0.39 is 0 Å². The minimum absolute atomic E-state index is 0.0535. The van der Waals surface area contributed by atoms with Crippen LogP contribution in [0.2, 0.25) is 0 Å². The molecule has 0 atom stereocenters. The summed E-state index contributed by atoms with van der Waals surface area (Å²) in [4.78, 5) is 15.4. The van der Waals surface area contributed by atoms with Gasteiger partial charge in [-0.3, -0.25) is 4.79 Å². The highest BCUT2D eigenvalue weighted by Gasteiger charge is 2.26. The number of rotatable bonds is 2. The van der Waals surface area contributed by atoms with Gasteiger partial charge in [0.05, 0.1) is 30.4 Å². The quantitative estimate of drug-likeness (QED) is 0.839. The summed E-state index contributed by atoms with van der Waals surface area (Å²) in [6, 6.07) is 7.92. The zero-order valence-corrected chi connectivity index (χ0v) is 11.1. The monoisotopic (exact) mass is 293 g/mol. The summed E-state index contributed by atoms with van der Waals surface area (Å²) in [5, 5.41) is 8.64. The number of likely N-dealkylation sites (N-methyl/N-ethyl adjacent to an activating group) is 1. The number of amides is 1. The van der Waals surface area contributed by atoms with Crippen molar-refractivity contribution in [3.05, 3.63) is 22.7 Å². The standard InChI is InChI=1S/C12H12BrN3O/c1-15-10-4-3-9(13)7-11(10)16(6-2-5-14)8-12(15)17/h3-4,7H,2,6,8H2,1H3. The third kappa shape index (κ3) is 2.27. The first-order valence-corrected chi connectivity index (χ1v) is 6.11. The van der Waals surface area contributed by atoms with Crippen molar-refractivity contribution in [2.45, 2.75) is 6.42 Å².